The molecule has 4 nitrogen and oxygen atoms in total. The Bertz CT molecular complexity index is 753. The van der Waals surface area contributed by atoms with Crippen LogP contribution in [0, 0.1) is 7.14 Å². The van der Waals surface area contributed by atoms with E-state index in [0.717, 1.165) is 38.5 Å². The molecule has 2 aromatic carbocycles. The minimum atomic E-state index is -0.359. The Morgan fingerprint density at radius 3 is 2.00 bits per heavy atom. The van der Waals surface area contributed by atoms with Crippen LogP contribution in [0.15, 0.2) is 48.5 Å². The maximum atomic E-state index is 12.0. The molecular weight excluding hydrogens is 479 g/mol. The molecule has 158 valence electrons. The van der Waals surface area contributed by atoms with Gasteiger partial charge in [-0.05, 0) is 0 Å². The van der Waals surface area contributed by atoms with Crippen molar-refractivity contribution in [3.05, 3.63) is 61.2 Å². The Kier molecular flexibility index (Phi) is 10.8. The number of hydrogen-bond donors (Lipinski definition) is 0. The summed E-state index contributed by atoms with van der Waals surface area (Å²) in [6.45, 7) is 4.72. The van der Waals surface area contributed by atoms with Gasteiger partial charge in [0.2, 0.25) is 0 Å². The standard InChI is InChI=1S/C24H30IO4/c1-3-5-7-9-23(26)29-22-16-14-21(15-17-22)25-20-12-10-19(11-13-20)24(27)28-18-8-6-4-2/h10-17H,3-9,18H2,1-2H3/q-1. The minimum absolute atomic E-state index is 0.168. The average molecular weight is 509 g/mol. The summed E-state index contributed by atoms with van der Waals surface area (Å²) in [6.07, 6.45) is 6.58. The monoisotopic (exact) mass is 509 g/mol. The molecule has 0 aromatic heterocycles. The van der Waals surface area contributed by atoms with Crippen LogP contribution in [-0.2, 0) is 9.53 Å². The second-order valence-electron chi connectivity index (χ2n) is 6.83. The number of rotatable bonds is 12. The SMILES string of the molecule is CCCCCOC(=O)c1ccc([I-]c2ccc(OC(=O)CCCCC)cc2)cc1. The van der Waals surface area contributed by atoms with Crippen LogP contribution in [0.3, 0.4) is 0 Å². The number of halogens is 1. The summed E-state index contributed by atoms with van der Waals surface area (Å²) in [7, 11) is 0. The molecule has 29 heavy (non-hydrogen) atoms. The molecule has 0 radical (unpaired) electrons. The van der Waals surface area contributed by atoms with E-state index in [0.29, 0.717) is 24.3 Å². The molecule has 0 aliphatic heterocycles. The second-order valence-corrected chi connectivity index (χ2v) is 9.86. The summed E-state index contributed by atoms with van der Waals surface area (Å²) in [4.78, 5) is 23.8. The zero-order valence-electron chi connectivity index (χ0n) is 17.3. The van der Waals surface area contributed by atoms with E-state index in [-0.39, 0.29) is 33.1 Å². The quantitative estimate of drug-likeness (QED) is 0.191. The van der Waals surface area contributed by atoms with E-state index in [1.54, 1.807) is 0 Å². The molecule has 0 unspecified atom stereocenters. The summed E-state index contributed by atoms with van der Waals surface area (Å²) in [5.74, 6) is 0.175. The Labute approximate surface area is 184 Å². The number of unbranched alkanes of at least 4 members (excludes halogenated alkanes) is 4. The van der Waals surface area contributed by atoms with E-state index in [1.165, 1.54) is 7.14 Å². The molecule has 2 rings (SSSR count). The van der Waals surface area contributed by atoms with Crippen molar-refractivity contribution in [1.82, 2.24) is 0 Å². The fraction of sp³-hybridized carbons (Fsp3) is 0.417. The third kappa shape index (κ3) is 8.98. The van der Waals surface area contributed by atoms with Crippen LogP contribution in [-0.4, -0.2) is 18.5 Å². The first-order valence-electron chi connectivity index (χ1n) is 10.3. The van der Waals surface area contributed by atoms with Gasteiger partial charge in [-0.1, -0.05) is 0 Å². The predicted octanol–water partition coefficient (Wildman–Crippen LogP) is 2.65. The topological polar surface area (TPSA) is 52.6 Å². The van der Waals surface area contributed by atoms with Gasteiger partial charge in [0.25, 0.3) is 0 Å². The van der Waals surface area contributed by atoms with Gasteiger partial charge < -0.3 is 0 Å². The molecule has 2 aromatic rings. The van der Waals surface area contributed by atoms with E-state index in [9.17, 15) is 9.59 Å². The predicted molar refractivity (Wildman–Crippen MR) is 110 cm³/mol. The Morgan fingerprint density at radius 2 is 1.38 bits per heavy atom. The first kappa shape index (κ1) is 23.4. The van der Waals surface area contributed by atoms with Gasteiger partial charge in [-0.15, -0.1) is 0 Å². The van der Waals surface area contributed by atoms with Gasteiger partial charge in [0.1, 0.15) is 0 Å². The fourth-order valence-corrected chi connectivity index (χ4v) is 4.80. The number of benzene rings is 2. The van der Waals surface area contributed by atoms with Crippen molar-refractivity contribution in [3.8, 4) is 5.75 Å². The molecule has 0 aliphatic rings. The van der Waals surface area contributed by atoms with Gasteiger partial charge in [0, 0.05) is 0 Å². The van der Waals surface area contributed by atoms with E-state index < -0.39 is 0 Å². The first-order chi connectivity index (χ1) is 14.1. The molecular formula is C24H30IO4-. The van der Waals surface area contributed by atoms with Gasteiger partial charge in [-0.25, -0.2) is 0 Å². The zero-order chi connectivity index (χ0) is 20.9. The van der Waals surface area contributed by atoms with Gasteiger partial charge in [0.05, 0.1) is 0 Å². The molecule has 0 N–H and O–H groups in total. The Balaban J connectivity index is 1.82. The third-order valence-electron chi connectivity index (χ3n) is 4.31. The first-order valence-corrected chi connectivity index (χ1v) is 12.5. The van der Waals surface area contributed by atoms with Crippen molar-refractivity contribution in [2.75, 3.05) is 6.61 Å². The zero-order valence-corrected chi connectivity index (χ0v) is 19.4. The van der Waals surface area contributed by atoms with Crippen LogP contribution in [0.1, 0.15) is 69.2 Å². The summed E-state index contributed by atoms with van der Waals surface area (Å²) in [5, 5.41) is 0. The van der Waals surface area contributed by atoms with Crippen molar-refractivity contribution < 1.29 is 40.3 Å². The number of carbonyl (C=O) groups excluding carboxylic acids is 2. The summed E-state index contributed by atoms with van der Waals surface area (Å²) in [5.41, 5.74) is 0.597. The van der Waals surface area contributed by atoms with Gasteiger partial charge in [-0.2, -0.15) is 0 Å². The van der Waals surface area contributed by atoms with E-state index in [2.05, 4.69) is 13.8 Å². The van der Waals surface area contributed by atoms with Gasteiger partial charge >= 0.3 is 185 Å². The van der Waals surface area contributed by atoms with Crippen molar-refractivity contribution in [2.45, 2.75) is 58.8 Å². The molecule has 0 saturated carbocycles. The van der Waals surface area contributed by atoms with Crippen LogP contribution < -0.4 is 25.9 Å². The maximum absolute atomic E-state index is 12.0. The van der Waals surface area contributed by atoms with Crippen molar-refractivity contribution >= 4 is 11.9 Å². The van der Waals surface area contributed by atoms with E-state index in [1.807, 2.05) is 48.5 Å². The third-order valence-corrected chi connectivity index (χ3v) is 6.99. The van der Waals surface area contributed by atoms with E-state index in [4.69, 9.17) is 9.47 Å². The van der Waals surface area contributed by atoms with Crippen LogP contribution in [0.4, 0.5) is 0 Å². The second kappa shape index (κ2) is 13.4. The summed E-state index contributed by atoms with van der Waals surface area (Å²) < 4.78 is 13.1. The van der Waals surface area contributed by atoms with Crippen LogP contribution >= 0.6 is 0 Å². The van der Waals surface area contributed by atoms with Gasteiger partial charge in [0.15, 0.2) is 0 Å². The van der Waals surface area contributed by atoms with Gasteiger partial charge in [-0.3, -0.25) is 0 Å². The van der Waals surface area contributed by atoms with Crippen molar-refractivity contribution in [1.29, 1.82) is 0 Å². The fourth-order valence-electron chi connectivity index (χ4n) is 2.64. The molecule has 0 bridgehead atoms. The number of carbonyl (C=O) groups is 2. The normalized spacial score (nSPS) is 10.7. The molecule has 0 aliphatic carbocycles. The molecule has 0 spiro atoms. The average Bonchev–Trinajstić information content (AvgIpc) is 2.73. The van der Waals surface area contributed by atoms with Crippen LogP contribution in [0.5, 0.6) is 5.75 Å². The molecule has 0 fully saturated rings. The van der Waals surface area contributed by atoms with Crippen molar-refractivity contribution in [2.24, 2.45) is 0 Å². The summed E-state index contributed by atoms with van der Waals surface area (Å²) >= 11 is -0.359. The summed E-state index contributed by atoms with van der Waals surface area (Å²) in [6, 6.07) is 15.4. The van der Waals surface area contributed by atoms with Crippen LogP contribution in [0.2, 0.25) is 0 Å². The van der Waals surface area contributed by atoms with E-state index >= 15 is 0 Å². The molecule has 0 atom stereocenters. The van der Waals surface area contributed by atoms with Crippen LogP contribution in [0.25, 0.3) is 0 Å². The Morgan fingerprint density at radius 1 is 0.793 bits per heavy atom. The molecule has 0 heterocycles. The number of esters is 2. The molecule has 0 amide bonds. The van der Waals surface area contributed by atoms with Crippen molar-refractivity contribution in [3.63, 3.8) is 0 Å². The molecule has 0 saturated heterocycles. The number of hydrogen-bond acceptors (Lipinski definition) is 4. The molecule has 5 heteroatoms. The Hall–Kier alpha value is -1.89. The number of ether oxygens (including phenoxy) is 2.